The van der Waals surface area contributed by atoms with Crippen LogP contribution < -0.4 is 19.5 Å². The molecule has 1 unspecified atom stereocenters. The third-order valence-electron chi connectivity index (χ3n) is 5.13. The lowest BCUT2D eigenvalue weighted by atomic mass is 10.2. The van der Waals surface area contributed by atoms with Crippen molar-refractivity contribution in [2.75, 3.05) is 52.1 Å². The summed E-state index contributed by atoms with van der Waals surface area (Å²) in [5.74, 6) is 2.16. The molecule has 4 rings (SSSR count). The number of methoxy groups -OCH3 is 2. The molecule has 3 aromatic rings. The van der Waals surface area contributed by atoms with Crippen molar-refractivity contribution in [1.82, 2.24) is 24.5 Å². The van der Waals surface area contributed by atoms with Crippen LogP contribution in [0.3, 0.4) is 0 Å². The van der Waals surface area contributed by atoms with E-state index < -0.39 is 0 Å². The van der Waals surface area contributed by atoms with E-state index in [-0.39, 0.29) is 6.10 Å². The molecular weight excluding hydrogens is 500 g/mol. The predicted molar refractivity (Wildman–Crippen MR) is 135 cm³/mol. The van der Waals surface area contributed by atoms with Crippen molar-refractivity contribution in [3.63, 3.8) is 0 Å². The van der Waals surface area contributed by atoms with Crippen LogP contribution >= 0.6 is 35.6 Å². The Bertz CT molecular complexity index is 1190. The van der Waals surface area contributed by atoms with E-state index in [0.717, 1.165) is 5.69 Å². The SMILES string of the molecule is COc1cc(NC(=S)N2CCOC(COc3cc(C)nc4nc(SC)nn34)C2)c(OC)cc1Cl. The van der Waals surface area contributed by atoms with Gasteiger partial charge in [0.2, 0.25) is 11.0 Å². The summed E-state index contributed by atoms with van der Waals surface area (Å²) < 4.78 is 24.3. The summed E-state index contributed by atoms with van der Waals surface area (Å²) in [5.41, 5.74) is 1.46. The molecule has 0 bridgehead atoms. The lowest BCUT2D eigenvalue weighted by Gasteiger charge is -2.34. The summed E-state index contributed by atoms with van der Waals surface area (Å²) in [5, 5.41) is 9.29. The van der Waals surface area contributed by atoms with Gasteiger partial charge in [-0.15, -0.1) is 5.10 Å². The number of thiocarbonyl (C=S) groups is 1. The van der Waals surface area contributed by atoms with Crippen molar-refractivity contribution in [2.45, 2.75) is 18.2 Å². The van der Waals surface area contributed by atoms with Gasteiger partial charge >= 0.3 is 0 Å². The Morgan fingerprint density at radius 1 is 1.26 bits per heavy atom. The van der Waals surface area contributed by atoms with Crippen LogP contribution in [0.4, 0.5) is 5.69 Å². The second-order valence-electron chi connectivity index (χ2n) is 7.41. The molecule has 10 nitrogen and oxygen atoms in total. The Balaban J connectivity index is 1.42. The molecule has 0 saturated carbocycles. The van der Waals surface area contributed by atoms with E-state index in [0.29, 0.717) is 70.4 Å². The second-order valence-corrected chi connectivity index (χ2v) is 8.98. The first kappa shape index (κ1) is 24.6. The number of aryl methyl sites for hydroxylation is 1. The lowest BCUT2D eigenvalue weighted by Crippen LogP contribution is -2.49. The highest BCUT2D eigenvalue weighted by Gasteiger charge is 2.24. The second kappa shape index (κ2) is 10.8. The molecule has 0 radical (unpaired) electrons. The van der Waals surface area contributed by atoms with Crippen molar-refractivity contribution in [2.24, 2.45) is 0 Å². The van der Waals surface area contributed by atoms with E-state index in [1.807, 2.05) is 24.1 Å². The summed E-state index contributed by atoms with van der Waals surface area (Å²) in [4.78, 5) is 10.8. The van der Waals surface area contributed by atoms with Gasteiger partial charge in [0, 0.05) is 37.0 Å². The Morgan fingerprint density at radius 3 is 2.79 bits per heavy atom. The molecule has 1 N–H and O–H groups in total. The number of rotatable bonds is 7. The highest BCUT2D eigenvalue weighted by Crippen LogP contribution is 2.36. The van der Waals surface area contributed by atoms with Crippen LogP contribution in [0.5, 0.6) is 17.4 Å². The maximum absolute atomic E-state index is 6.20. The van der Waals surface area contributed by atoms with E-state index in [1.165, 1.54) is 11.8 Å². The number of morpholine rings is 1. The molecule has 0 aliphatic carbocycles. The molecule has 0 spiro atoms. The van der Waals surface area contributed by atoms with Gasteiger partial charge in [0.05, 0.1) is 31.5 Å². The minimum absolute atomic E-state index is 0.192. The fourth-order valence-corrected chi connectivity index (χ4v) is 4.30. The molecule has 34 heavy (non-hydrogen) atoms. The maximum Gasteiger partial charge on any atom is 0.256 e. The number of thioether (sulfide) groups is 1. The molecule has 1 aliphatic heterocycles. The average molecular weight is 525 g/mol. The number of hydrogen-bond donors (Lipinski definition) is 1. The maximum atomic E-state index is 6.20. The average Bonchev–Trinajstić information content (AvgIpc) is 3.26. The zero-order chi connectivity index (χ0) is 24.2. The first-order valence-electron chi connectivity index (χ1n) is 10.4. The van der Waals surface area contributed by atoms with Crippen molar-refractivity contribution in [1.29, 1.82) is 0 Å². The van der Waals surface area contributed by atoms with Crippen LogP contribution in [0.25, 0.3) is 5.78 Å². The molecule has 1 atom stereocenters. The molecule has 3 heterocycles. The Morgan fingerprint density at radius 2 is 2.06 bits per heavy atom. The highest BCUT2D eigenvalue weighted by atomic mass is 35.5. The van der Waals surface area contributed by atoms with E-state index in [1.54, 1.807) is 30.9 Å². The van der Waals surface area contributed by atoms with Crippen LogP contribution in [0.2, 0.25) is 5.02 Å². The largest absolute Gasteiger partial charge is 0.495 e. The van der Waals surface area contributed by atoms with E-state index in [9.17, 15) is 0 Å². The number of ether oxygens (including phenoxy) is 4. The zero-order valence-corrected chi connectivity index (χ0v) is 21.6. The number of fused-ring (bicyclic) bond motifs is 1. The van der Waals surface area contributed by atoms with Gasteiger partial charge in [-0.25, -0.2) is 4.98 Å². The number of halogens is 1. The van der Waals surface area contributed by atoms with Crippen molar-refractivity contribution < 1.29 is 18.9 Å². The number of nitrogens with zero attached hydrogens (tertiary/aromatic N) is 5. The third-order valence-corrected chi connectivity index (χ3v) is 6.32. The minimum atomic E-state index is -0.192. The molecule has 2 aromatic heterocycles. The molecule has 1 aromatic carbocycles. The molecule has 0 amide bonds. The predicted octanol–water partition coefficient (Wildman–Crippen LogP) is 3.30. The van der Waals surface area contributed by atoms with Gasteiger partial charge in [0.1, 0.15) is 24.2 Å². The van der Waals surface area contributed by atoms with Crippen LogP contribution in [0.1, 0.15) is 5.69 Å². The van der Waals surface area contributed by atoms with Gasteiger partial charge in [-0.2, -0.15) is 9.50 Å². The van der Waals surface area contributed by atoms with Crippen LogP contribution in [-0.2, 0) is 4.74 Å². The zero-order valence-electron chi connectivity index (χ0n) is 19.2. The van der Waals surface area contributed by atoms with E-state index in [2.05, 4.69) is 20.4 Å². The number of nitrogens with one attached hydrogen (secondary N) is 1. The molecule has 1 aliphatic rings. The van der Waals surface area contributed by atoms with Gasteiger partial charge in [0.25, 0.3) is 5.78 Å². The smallest absolute Gasteiger partial charge is 0.256 e. The minimum Gasteiger partial charge on any atom is -0.495 e. The Hall–Kier alpha value is -2.54. The topological polar surface area (TPSA) is 95.3 Å². The number of benzene rings is 1. The first-order valence-corrected chi connectivity index (χ1v) is 12.4. The van der Waals surface area contributed by atoms with Crippen molar-refractivity contribution in [3.8, 4) is 17.4 Å². The van der Waals surface area contributed by atoms with Crippen LogP contribution in [0.15, 0.2) is 23.4 Å². The number of aromatic nitrogens is 4. The van der Waals surface area contributed by atoms with E-state index in [4.69, 9.17) is 42.8 Å². The first-order chi connectivity index (χ1) is 16.4. The summed E-state index contributed by atoms with van der Waals surface area (Å²) >= 11 is 13.3. The van der Waals surface area contributed by atoms with Gasteiger partial charge in [-0.05, 0) is 25.4 Å². The van der Waals surface area contributed by atoms with Crippen LogP contribution in [0, 0.1) is 6.92 Å². The van der Waals surface area contributed by atoms with Crippen molar-refractivity contribution >= 4 is 52.2 Å². The molecule has 182 valence electrons. The lowest BCUT2D eigenvalue weighted by molar-refractivity contribution is -0.0291. The highest BCUT2D eigenvalue weighted by molar-refractivity contribution is 7.98. The monoisotopic (exact) mass is 524 g/mol. The Kier molecular flexibility index (Phi) is 7.81. The fourth-order valence-electron chi connectivity index (χ4n) is 3.46. The summed E-state index contributed by atoms with van der Waals surface area (Å²) in [6, 6.07) is 5.27. The van der Waals surface area contributed by atoms with Gasteiger partial charge in [-0.3, -0.25) is 0 Å². The van der Waals surface area contributed by atoms with Crippen LogP contribution in [-0.4, -0.2) is 82.5 Å². The molecule has 13 heteroatoms. The van der Waals surface area contributed by atoms with E-state index >= 15 is 0 Å². The summed E-state index contributed by atoms with van der Waals surface area (Å²) in [6.45, 7) is 3.93. The van der Waals surface area contributed by atoms with Gasteiger partial charge in [0.15, 0.2) is 5.11 Å². The standard InChI is InChI=1S/C21H25ClN6O4S2/c1-12-7-18(28-19(23-12)25-20(26-28)34-4)32-11-13-10-27(5-6-31-13)21(33)24-15-9-16(29-2)14(22)8-17(15)30-3/h7-9,13H,5-6,10-11H2,1-4H3,(H,24,33). The van der Waals surface area contributed by atoms with Gasteiger partial charge in [-0.1, -0.05) is 23.4 Å². The third kappa shape index (κ3) is 5.40. The van der Waals surface area contributed by atoms with Crippen molar-refractivity contribution in [3.05, 3.63) is 28.9 Å². The summed E-state index contributed by atoms with van der Waals surface area (Å²) in [7, 11) is 3.13. The van der Waals surface area contributed by atoms with Gasteiger partial charge < -0.3 is 29.2 Å². The number of hydrogen-bond acceptors (Lipinski definition) is 9. The molecule has 1 fully saturated rings. The Labute approximate surface area is 211 Å². The normalized spacial score (nSPS) is 15.9. The molecule has 1 saturated heterocycles. The number of anilines is 1. The fraction of sp³-hybridized carbons (Fsp3) is 0.429. The summed E-state index contributed by atoms with van der Waals surface area (Å²) in [6.07, 6.45) is 1.72. The quantitative estimate of drug-likeness (QED) is 0.364. The molecular formula is C21H25ClN6O4S2.